The van der Waals surface area contributed by atoms with Gasteiger partial charge in [0.1, 0.15) is 5.52 Å². The van der Waals surface area contributed by atoms with Gasteiger partial charge in [0, 0.05) is 11.4 Å². The Hall–Kier alpha value is -1.16. The molecule has 1 heterocycles. The van der Waals surface area contributed by atoms with Gasteiger partial charge in [-0.15, -0.1) is 0 Å². The monoisotopic (exact) mass is 239 g/mol. The molecule has 0 amide bonds. The standard InChI is InChI=1S/C9H6BrNO2/c1-5(12)9-11-8-6(10)3-2-4-7(8)13-9/h2-4H,1H3. The van der Waals surface area contributed by atoms with E-state index < -0.39 is 0 Å². The normalized spacial score (nSPS) is 10.6. The highest BCUT2D eigenvalue weighted by atomic mass is 79.9. The molecule has 0 atom stereocenters. The molecule has 0 aliphatic rings. The van der Waals surface area contributed by atoms with Crippen LogP contribution < -0.4 is 0 Å². The summed E-state index contributed by atoms with van der Waals surface area (Å²) in [5, 5.41) is 0. The summed E-state index contributed by atoms with van der Waals surface area (Å²) in [4.78, 5) is 15.0. The number of carbonyl (C=O) groups excluding carboxylic acids is 1. The molecule has 1 aromatic carbocycles. The number of para-hydroxylation sites is 1. The van der Waals surface area contributed by atoms with Crippen LogP contribution in [0.3, 0.4) is 0 Å². The Balaban J connectivity index is 2.75. The predicted octanol–water partition coefficient (Wildman–Crippen LogP) is 2.79. The average molecular weight is 240 g/mol. The first-order chi connectivity index (χ1) is 6.18. The number of carbonyl (C=O) groups is 1. The summed E-state index contributed by atoms with van der Waals surface area (Å²) < 4.78 is 6.05. The molecule has 1 aromatic heterocycles. The SMILES string of the molecule is CC(=O)c1nc2c(Br)cccc2o1. The quantitative estimate of drug-likeness (QED) is 0.719. The van der Waals surface area contributed by atoms with Gasteiger partial charge in [0.25, 0.3) is 5.89 Å². The average Bonchev–Trinajstić information content (AvgIpc) is 2.49. The predicted molar refractivity (Wildman–Crippen MR) is 51.7 cm³/mol. The van der Waals surface area contributed by atoms with Crippen molar-refractivity contribution in [3.05, 3.63) is 28.6 Å². The van der Waals surface area contributed by atoms with Crippen molar-refractivity contribution in [1.29, 1.82) is 0 Å². The Morgan fingerprint density at radius 2 is 2.31 bits per heavy atom. The van der Waals surface area contributed by atoms with E-state index in [0.29, 0.717) is 11.1 Å². The van der Waals surface area contributed by atoms with Crippen molar-refractivity contribution in [2.75, 3.05) is 0 Å². The minimum absolute atomic E-state index is 0.155. The van der Waals surface area contributed by atoms with E-state index in [1.807, 2.05) is 12.1 Å². The number of nitrogens with zero attached hydrogens (tertiary/aromatic N) is 1. The number of fused-ring (bicyclic) bond motifs is 1. The zero-order chi connectivity index (χ0) is 9.42. The van der Waals surface area contributed by atoms with E-state index >= 15 is 0 Å². The van der Waals surface area contributed by atoms with Gasteiger partial charge < -0.3 is 4.42 Å². The van der Waals surface area contributed by atoms with Crippen LogP contribution in [0, 0.1) is 0 Å². The first-order valence-corrected chi connectivity index (χ1v) is 4.54. The zero-order valence-electron chi connectivity index (χ0n) is 6.87. The maximum atomic E-state index is 11.0. The molecule has 0 aliphatic carbocycles. The lowest BCUT2D eigenvalue weighted by Crippen LogP contribution is -1.89. The van der Waals surface area contributed by atoms with E-state index in [4.69, 9.17) is 4.42 Å². The molecule has 3 nitrogen and oxygen atoms in total. The van der Waals surface area contributed by atoms with Gasteiger partial charge in [-0.1, -0.05) is 6.07 Å². The van der Waals surface area contributed by atoms with Crippen LogP contribution in [-0.4, -0.2) is 10.8 Å². The van der Waals surface area contributed by atoms with E-state index in [1.165, 1.54) is 6.92 Å². The first kappa shape index (κ1) is 8.44. The van der Waals surface area contributed by atoms with Crippen LogP contribution in [-0.2, 0) is 0 Å². The summed E-state index contributed by atoms with van der Waals surface area (Å²) >= 11 is 3.33. The fraction of sp³-hybridized carbons (Fsp3) is 0.111. The summed E-state index contributed by atoms with van der Waals surface area (Å²) in [6.45, 7) is 1.43. The number of aromatic nitrogens is 1. The summed E-state index contributed by atoms with van der Waals surface area (Å²) in [6.07, 6.45) is 0. The number of hydrogen-bond acceptors (Lipinski definition) is 3. The van der Waals surface area contributed by atoms with E-state index in [2.05, 4.69) is 20.9 Å². The third-order valence-electron chi connectivity index (χ3n) is 1.67. The highest BCUT2D eigenvalue weighted by Gasteiger charge is 2.10. The maximum absolute atomic E-state index is 11.0. The molecule has 0 fully saturated rings. The van der Waals surface area contributed by atoms with Crippen LogP contribution in [0.15, 0.2) is 27.1 Å². The Morgan fingerprint density at radius 3 is 2.92 bits per heavy atom. The maximum Gasteiger partial charge on any atom is 0.263 e. The summed E-state index contributed by atoms with van der Waals surface area (Å²) in [5.41, 5.74) is 1.31. The number of hydrogen-bond donors (Lipinski definition) is 0. The minimum atomic E-state index is -0.164. The zero-order valence-corrected chi connectivity index (χ0v) is 8.46. The minimum Gasteiger partial charge on any atom is -0.434 e. The smallest absolute Gasteiger partial charge is 0.263 e. The van der Waals surface area contributed by atoms with Crippen molar-refractivity contribution in [1.82, 2.24) is 4.98 Å². The van der Waals surface area contributed by atoms with Gasteiger partial charge in [0.2, 0.25) is 5.78 Å². The molecule has 13 heavy (non-hydrogen) atoms. The van der Waals surface area contributed by atoms with Crippen LogP contribution >= 0.6 is 15.9 Å². The molecule has 0 saturated carbocycles. The molecule has 0 unspecified atom stereocenters. The molecular formula is C9H6BrNO2. The van der Waals surface area contributed by atoms with Crippen LogP contribution in [0.1, 0.15) is 17.6 Å². The number of rotatable bonds is 1. The number of ketones is 1. The molecule has 0 saturated heterocycles. The van der Waals surface area contributed by atoms with Gasteiger partial charge in [-0.25, -0.2) is 4.98 Å². The van der Waals surface area contributed by atoms with Gasteiger partial charge >= 0.3 is 0 Å². The lowest BCUT2D eigenvalue weighted by molar-refractivity contribution is 0.0983. The van der Waals surface area contributed by atoms with Crippen molar-refractivity contribution < 1.29 is 9.21 Å². The number of Topliss-reactive ketones (excluding diaryl/α,β-unsaturated/α-hetero) is 1. The van der Waals surface area contributed by atoms with E-state index in [-0.39, 0.29) is 11.7 Å². The summed E-state index contributed by atoms with van der Waals surface area (Å²) in [7, 11) is 0. The second kappa shape index (κ2) is 2.96. The van der Waals surface area contributed by atoms with Gasteiger partial charge in [0.15, 0.2) is 5.58 Å². The largest absolute Gasteiger partial charge is 0.434 e. The lowest BCUT2D eigenvalue weighted by atomic mass is 10.3. The lowest BCUT2D eigenvalue weighted by Gasteiger charge is -1.86. The van der Waals surface area contributed by atoms with Crippen molar-refractivity contribution in [3.8, 4) is 0 Å². The second-order valence-electron chi connectivity index (χ2n) is 2.66. The van der Waals surface area contributed by atoms with Crippen LogP contribution in [0.5, 0.6) is 0 Å². The van der Waals surface area contributed by atoms with Gasteiger partial charge in [-0.2, -0.15) is 0 Å². The fourth-order valence-corrected chi connectivity index (χ4v) is 1.50. The summed E-state index contributed by atoms with van der Waals surface area (Å²) in [6, 6.07) is 5.47. The topological polar surface area (TPSA) is 43.1 Å². The summed E-state index contributed by atoms with van der Waals surface area (Å²) in [5.74, 6) is -0.00926. The molecule has 2 aromatic rings. The van der Waals surface area contributed by atoms with E-state index in [0.717, 1.165) is 4.47 Å². The van der Waals surface area contributed by atoms with Crippen molar-refractivity contribution in [2.45, 2.75) is 6.92 Å². The number of oxazole rings is 1. The highest BCUT2D eigenvalue weighted by Crippen LogP contribution is 2.23. The second-order valence-corrected chi connectivity index (χ2v) is 3.52. The van der Waals surface area contributed by atoms with Crippen molar-refractivity contribution in [3.63, 3.8) is 0 Å². The Labute approximate surface area is 82.9 Å². The molecule has 0 radical (unpaired) electrons. The molecule has 4 heteroatoms. The first-order valence-electron chi connectivity index (χ1n) is 3.74. The Morgan fingerprint density at radius 1 is 1.54 bits per heavy atom. The molecule has 0 N–H and O–H groups in total. The van der Waals surface area contributed by atoms with E-state index in [1.54, 1.807) is 6.07 Å². The number of halogens is 1. The van der Waals surface area contributed by atoms with Crippen LogP contribution in [0.4, 0.5) is 0 Å². The molecular weight excluding hydrogens is 234 g/mol. The molecule has 0 bridgehead atoms. The fourth-order valence-electron chi connectivity index (χ4n) is 1.07. The third-order valence-corrected chi connectivity index (χ3v) is 2.31. The molecule has 0 spiro atoms. The molecule has 0 aliphatic heterocycles. The molecule has 66 valence electrons. The van der Waals surface area contributed by atoms with Gasteiger partial charge in [0.05, 0.1) is 0 Å². The van der Waals surface area contributed by atoms with Crippen molar-refractivity contribution in [2.24, 2.45) is 0 Å². The Bertz CT molecular complexity index is 475. The van der Waals surface area contributed by atoms with Gasteiger partial charge in [-0.05, 0) is 28.1 Å². The number of benzene rings is 1. The third kappa shape index (κ3) is 1.37. The van der Waals surface area contributed by atoms with E-state index in [9.17, 15) is 4.79 Å². The Kier molecular flexibility index (Phi) is 1.92. The van der Waals surface area contributed by atoms with Crippen LogP contribution in [0.2, 0.25) is 0 Å². The van der Waals surface area contributed by atoms with Gasteiger partial charge in [-0.3, -0.25) is 4.79 Å². The molecule has 2 rings (SSSR count). The van der Waals surface area contributed by atoms with Crippen LogP contribution in [0.25, 0.3) is 11.1 Å². The van der Waals surface area contributed by atoms with Crippen molar-refractivity contribution >= 4 is 32.8 Å². The highest BCUT2D eigenvalue weighted by molar-refractivity contribution is 9.10.